The number of rotatable bonds is 7. The molecular weight excluding hydrogens is 360 g/mol. The lowest BCUT2D eigenvalue weighted by Crippen LogP contribution is -3.10. The number of nitrogens with one attached hydrogen (secondary N) is 2. The zero-order valence-corrected chi connectivity index (χ0v) is 15.4. The van der Waals surface area contributed by atoms with E-state index in [9.17, 15) is 4.79 Å². The second-order valence-corrected chi connectivity index (χ2v) is 7.94. The quantitative estimate of drug-likeness (QED) is 0.647. The third kappa shape index (κ3) is 4.92. The smallest absolute Gasteiger partial charge is 0.279 e. The zero-order valence-electron chi connectivity index (χ0n) is 13.0. The summed E-state index contributed by atoms with van der Waals surface area (Å²) in [6.45, 7) is 2.08. The molecular formula is C18H18ClN2OS2+. The molecule has 24 heavy (non-hydrogen) atoms. The number of hydrogen-bond donors (Lipinski definition) is 2. The molecule has 3 rings (SSSR count). The molecule has 0 aliphatic heterocycles. The Morgan fingerprint density at radius 3 is 2.12 bits per heavy atom. The molecule has 3 aromatic rings. The molecule has 2 aromatic heterocycles. The van der Waals surface area contributed by atoms with Crippen LogP contribution in [0.4, 0.5) is 5.69 Å². The van der Waals surface area contributed by atoms with Crippen LogP contribution in [-0.2, 0) is 17.9 Å². The molecule has 1 amide bonds. The minimum atomic E-state index is -0.0220. The number of halogens is 1. The van der Waals surface area contributed by atoms with Crippen LogP contribution in [0.1, 0.15) is 9.75 Å². The Morgan fingerprint density at radius 2 is 1.58 bits per heavy atom. The summed E-state index contributed by atoms with van der Waals surface area (Å²) in [7, 11) is 0. The summed E-state index contributed by atoms with van der Waals surface area (Å²) in [6.07, 6.45) is 0. The van der Waals surface area contributed by atoms with E-state index in [2.05, 4.69) is 28.2 Å². The fraction of sp³-hybridized carbons (Fsp3) is 0.167. The average molecular weight is 378 g/mol. The molecule has 0 fully saturated rings. The number of carbonyl (C=O) groups is 1. The second kappa shape index (κ2) is 8.44. The van der Waals surface area contributed by atoms with Crippen molar-refractivity contribution >= 4 is 45.9 Å². The van der Waals surface area contributed by atoms with Crippen LogP contribution in [0.3, 0.4) is 0 Å². The first kappa shape index (κ1) is 17.2. The monoisotopic (exact) mass is 377 g/mol. The van der Waals surface area contributed by atoms with Gasteiger partial charge in [-0.2, -0.15) is 0 Å². The van der Waals surface area contributed by atoms with Gasteiger partial charge in [-0.25, -0.2) is 0 Å². The standard InChI is InChI=1S/C18H17ClN2OS2/c19-16-7-1-2-8-17(16)20-18(22)13-21(11-14-5-3-9-23-14)12-15-6-4-10-24-15/h1-10H,11-13H2,(H,20,22)/p+1. The molecule has 3 nitrogen and oxygen atoms in total. The van der Waals surface area contributed by atoms with Gasteiger partial charge in [-0.05, 0) is 35.0 Å². The van der Waals surface area contributed by atoms with Gasteiger partial charge in [-0.3, -0.25) is 4.79 Å². The summed E-state index contributed by atoms with van der Waals surface area (Å²) in [6, 6.07) is 15.6. The Morgan fingerprint density at radius 1 is 0.958 bits per heavy atom. The lowest BCUT2D eigenvalue weighted by molar-refractivity contribution is -0.918. The van der Waals surface area contributed by atoms with Crippen LogP contribution >= 0.6 is 34.3 Å². The highest BCUT2D eigenvalue weighted by atomic mass is 35.5. The fourth-order valence-electron chi connectivity index (χ4n) is 2.49. The van der Waals surface area contributed by atoms with Gasteiger partial charge in [0.25, 0.3) is 5.91 Å². The van der Waals surface area contributed by atoms with E-state index in [1.807, 2.05) is 30.3 Å². The zero-order chi connectivity index (χ0) is 16.8. The summed E-state index contributed by atoms with van der Waals surface area (Å²) in [4.78, 5) is 16.2. The van der Waals surface area contributed by atoms with Crippen molar-refractivity contribution in [1.82, 2.24) is 0 Å². The summed E-state index contributed by atoms with van der Waals surface area (Å²) >= 11 is 9.57. The van der Waals surface area contributed by atoms with Crippen LogP contribution in [0.5, 0.6) is 0 Å². The lowest BCUT2D eigenvalue weighted by atomic mass is 10.3. The van der Waals surface area contributed by atoms with Crippen molar-refractivity contribution in [1.29, 1.82) is 0 Å². The average Bonchev–Trinajstić information content (AvgIpc) is 3.23. The minimum absolute atomic E-state index is 0.0220. The van der Waals surface area contributed by atoms with E-state index in [4.69, 9.17) is 11.6 Å². The van der Waals surface area contributed by atoms with Gasteiger partial charge < -0.3 is 10.2 Å². The van der Waals surface area contributed by atoms with Crippen molar-refractivity contribution in [2.45, 2.75) is 13.1 Å². The Kier molecular flexibility index (Phi) is 6.04. The first-order chi connectivity index (χ1) is 11.7. The maximum absolute atomic E-state index is 12.4. The largest absolute Gasteiger partial charge is 0.320 e. The SMILES string of the molecule is O=C(C[NH+](Cc1cccs1)Cc1cccs1)Nc1ccccc1Cl. The molecule has 6 heteroatoms. The molecule has 0 spiro atoms. The van der Waals surface area contributed by atoms with Crippen LogP contribution in [0, 0.1) is 0 Å². The predicted octanol–water partition coefficient (Wildman–Crippen LogP) is 3.69. The van der Waals surface area contributed by atoms with E-state index in [1.165, 1.54) is 14.7 Å². The Labute approximate surface area is 154 Å². The molecule has 0 aliphatic rings. The number of carbonyl (C=O) groups excluding carboxylic acids is 1. The number of thiophene rings is 2. The van der Waals surface area contributed by atoms with Gasteiger partial charge >= 0.3 is 0 Å². The topological polar surface area (TPSA) is 33.5 Å². The maximum atomic E-state index is 12.4. The highest BCUT2D eigenvalue weighted by molar-refractivity contribution is 7.10. The van der Waals surface area contributed by atoms with Gasteiger partial charge in [0.2, 0.25) is 0 Å². The number of anilines is 1. The third-order valence-electron chi connectivity index (χ3n) is 3.57. The van der Waals surface area contributed by atoms with Crippen molar-refractivity contribution in [2.24, 2.45) is 0 Å². The molecule has 0 aliphatic carbocycles. The van der Waals surface area contributed by atoms with Crippen molar-refractivity contribution in [3.8, 4) is 0 Å². The molecule has 0 unspecified atom stereocenters. The van der Waals surface area contributed by atoms with E-state index >= 15 is 0 Å². The number of para-hydroxylation sites is 1. The first-order valence-electron chi connectivity index (χ1n) is 7.63. The molecule has 2 N–H and O–H groups in total. The lowest BCUT2D eigenvalue weighted by Gasteiger charge is -2.18. The van der Waals surface area contributed by atoms with Crippen molar-refractivity contribution in [3.05, 3.63) is 74.1 Å². The summed E-state index contributed by atoms with van der Waals surface area (Å²) in [5, 5.41) is 7.62. The molecule has 1 aromatic carbocycles. The predicted molar refractivity (Wildman–Crippen MR) is 102 cm³/mol. The number of benzene rings is 1. The number of amides is 1. The first-order valence-corrected chi connectivity index (χ1v) is 9.77. The number of hydrogen-bond acceptors (Lipinski definition) is 3. The number of quaternary nitrogens is 1. The van der Waals surface area contributed by atoms with Crippen LogP contribution < -0.4 is 10.2 Å². The van der Waals surface area contributed by atoms with Gasteiger partial charge in [-0.1, -0.05) is 35.9 Å². The van der Waals surface area contributed by atoms with Gasteiger partial charge in [0.1, 0.15) is 13.1 Å². The van der Waals surface area contributed by atoms with Crippen LogP contribution in [-0.4, -0.2) is 12.5 Å². The third-order valence-corrected chi connectivity index (χ3v) is 5.65. The summed E-state index contributed by atoms with van der Waals surface area (Å²) in [5.74, 6) is -0.0220. The van der Waals surface area contributed by atoms with E-state index in [1.54, 1.807) is 28.7 Å². The van der Waals surface area contributed by atoms with Gasteiger partial charge in [-0.15, -0.1) is 22.7 Å². The highest BCUT2D eigenvalue weighted by Crippen LogP contribution is 2.20. The fourth-order valence-corrected chi connectivity index (χ4v) is 4.23. The van der Waals surface area contributed by atoms with Crippen molar-refractivity contribution in [3.63, 3.8) is 0 Å². The molecule has 0 bridgehead atoms. The van der Waals surface area contributed by atoms with Crippen molar-refractivity contribution < 1.29 is 9.69 Å². The van der Waals surface area contributed by atoms with E-state index in [0.717, 1.165) is 13.1 Å². The molecule has 0 saturated carbocycles. The van der Waals surface area contributed by atoms with Gasteiger partial charge in [0.15, 0.2) is 6.54 Å². The van der Waals surface area contributed by atoms with Gasteiger partial charge in [0.05, 0.1) is 20.5 Å². The van der Waals surface area contributed by atoms with Crippen LogP contribution in [0.2, 0.25) is 5.02 Å². The Bertz CT molecular complexity index is 736. The van der Waals surface area contributed by atoms with Crippen LogP contribution in [0.15, 0.2) is 59.3 Å². The Balaban J connectivity index is 1.66. The molecule has 2 heterocycles. The van der Waals surface area contributed by atoms with E-state index < -0.39 is 0 Å². The highest BCUT2D eigenvalue weighted by Gasteiger charge is 2.17. The maximum Gasteiger partial charge on any atom is 0.279 e. The molecule has 124 valence electrons. The van der Waals surface area contributed by atoms with E-state index in [-0.39, 0.29) is 5.91 Å². The van der Waals surface area contributed by atoms with E-state index in [0.29, 0.717) is 17.3 Å². The van der Waals surface area contributed by atoms with Crippen LogP contribution in [0.25, 0.3) is 0 Å². The summed E-state index contributed by atoms with van der Waals surface area (Å²) < 4.78 is 0. The summed E-state index contributed by atoms with van der Waals surface area (Å²) in [5.41, 5.74) is 0.663. The Hall–Kier alpha value is -1.66. The van der Waals surface area contributed by atoms with Gasteiger partial charge in [0, 0.05) is 0 Å². The minimum Gasteiger partial charge on any atom is -0.320 e. The molecule has 0 atom stereocenters. The molecule has 0 radical (unpaired) electrons. The van der Waals surface area contributed by atoms with Crippen molar-refractivity contribution in [2.75, 3.05) is 11.9 Å². The molecule has 0 saturated heterocycles. The normalized spacial score (nSPS) is 10.9. The second-order valence-electron chi connectivity index (χ2n) is 5.47.